The molecule has 2 amide bonds. The molecule has 0 bridgehead atoms. The maximum absolute atomic E-state index is 15.1. The van der Waals surface area contributed by atoms with Gasteiger partial charge in [0.1, 0.15) is 17.7 Å². The largest absolute Gasteiger partial charge is 0.382 e. The Balaban J connectivity index is 1.39. The van der Waals surface area contributed by atoms with E-state index in [1.54, 1.807) is 22.7 Å². The maximum Gasteiger partial charge on any atom is 0.323 e. The van der Waals surface area contributed by atoms with Crippen molar-refractivity contribution in [3.05, 3.63) is 70.3 Å². The number of morpholine rings is 1. The van der Waals surface area contributed by atoms with Gasteiger partial charge in [-0.05, 0) is 42.0 Å². The monoisotopic (exact) mass is 529 g/mol. The molecule has 5 rings (SSSR count). The van der Waals surface area contributed by atoms with Crippen LogP contribution in [0.4, 0.5) is 26.4 Å². The van der Waals surface area contributed by atoms with E-state index in [0.717, 1.165) is 18.8 Å². The third-order valence-corrected chi connectivity index (χ3v) is 6.59. The van der Waals surface area contributed by atoms with Crippen LogP contribution in [0.2, 0.25) is 10.0 Å². The highest BCUT2D eigenvalue weighted by atomic mass is 35.5. The summed E-state index contributed by atoms with van der Waals surface area (Å²) in [7, 11) is 0. The van der Waals surface area contributed by atoms with Gasteiger partial charge in [0.05, 0.1) is 34.6 Å². The molecule has 0 radical (unpaired) electrons. The van der Waals surface area contributed by atoms with Crippen LogP contribution >= 0.6 is 23.2 Å². The Labute approximate surface area is 216 Å². The highest BCUT2D eigenvalue weighted by Gasteiger charge is 2.20. The molecule has 0 spiro atoms. The van der Waals surface area contributed by atoms with E-state index in [9.17, 15) is 4.79 Å². The first kappa shape index (κ1) is 24.3. The topological polar surface area (TPSA) is 110 Å². The number of rotatable bonds is 5. The molecule has 0 aliphatic carbocycles. The SMILES string of the molecule is Nc1ncnn2c(CN3CCOCC3)cc(-c3ccc(NC(=O)Nc4ccc(Cl)c(Cl)c4)c(F)c3)c12. The molecule has 1 fully saturated rings. The number of hydrogen-bond acceptors (Lipinski definition) is 6. The molecule has 36 heavy (non-hydrogen) atoms. The highest BCUT2D eigenvalue weighted by molar-refractivity contribution is 6.42. The fourth-order valence-electron chi connectivity index (χ4n) is 4.10. The summed E-state index contributed by atoms with van der Waals surface area (Å²) in [5, 5.41) is 10.1. The molecular formula is C24H22Cl2FN7O2. The van der Waals surface area contributed by atoms with E-state index >= 15 is 4.39 Å². The summed E-state index contributed by atoms with van der Waals surface area (Å²) in [6.07, 6.45) is 1.40. The Hall–Kier alpha value is -3.44. The Morgan fingerprint density at radius 1 is 1.08 bits per heavy atom. The normalized spacial score (nSPS) is 14.2. The Morgan fingerprint density at radius 2 is 1.89 bits per heavy atom. The predicted octanol–water partition coefficient (Wildman–Crippen LogP) is 4.90. The molecule has 1 saturated heterocycles. The van der Waals surface area contributed by atoms with E-state index in [1.807, 2.05) is 6.07 Å². The van der Waals surface area contributed by atoms with Crippen LogP contribution in [-0.2, 0) is 11.3 Å². The Morgan fingerprint density at radius 3 is 2.64 bits per heavy atom. The number of nitrogens with zero attached hydrogens (tertiary/aromatic N) is 4. The number of carbonyl (C=O) groups excluding carboxylic acids is 1. The minimum Gasteiger partial charge on any atom is -0.382 e. The first-order chi connectivity index (χ1) is 17.4. The van der Waals surface area contributed by atoms with Crippen LogP contribution in [0.25, 0.3) is 16.6 Å². The van der Waals surface area contributed by atoms with Crippen molar-refractivity contribution in [2.24, 2.45) is 0 Å². The minimum atomic E-state index is -0.625. The van der Waals surface area contributed by atoms with Crippen molar-refractivity contribution in [1.82, 2.24) is 19.5 Å². The fraction of sp³-hybridized carbons (Fsp3) is 0.208. The number of benzene rings is 2. The van der Waals surface area contributed by atoms with Gasteiger partial charge in [-0.25, -0.2) is 18.7 Å². The average Bonchev–Trinajstić information content (AvgIpc) is 3.23. The molecule has 9 nitrogen and oxygen atoms in total. The van der Waals surface area contributed by atoms with Crippen molar-refractivity contribution >= 4 is 51.9 Å². The van der Waals surface area contributed by atoms with Gasteiger partial charge in [0.15, 0.2) is 5.82 Å². The lowest BCUT2D eigenvalue weighted by molar-refractivity contribution is 0.0334. The molecular weight excluding hydrogens is 508 g/mol. The summed E-state index contributed by atoms with van der Waals surface area (Å²) in [4.78, 5) is 18.8. The van der Waals surface area contributed by atoms with Gasteiger partial charge in [0, 0.05) is 30.9 Å². The van der Waals surface area contributed by atoms with E-state index in [4.69, 9.17) is 33.7 Å². The van der Waals surface area contributed by atoms with Gasteiger partial charge in [-0.3, -0.25) is 4.90 Å². The second-order valence-corrected chi connectivity index (χ2v) is 9.06. The van der Waals surface area contributed by atoms with Gasteiger partial charge in [0.2, 0.25) is 0 Å². The molecule has 2 aromatic heterocycles. The molecule has 4 N–H and O–H groups in total. The van der Waals surface area contributed by atoms with Crippen molar-refractivity contribution < 1.29 is 13.9 Å². The van der Waals surface area contributed by atoms with E-state index < -0.39 is 11.8 Å². The summed E-state index contributed by atoms with van der Waals surface area (Å²) in [5.41, 5.74) is 9.39. The number of nitrogen functional groups attached to an aromatic ring is 1. The van der Waals surface area contributed by atoms with Gasteiger partial charge < -0.3 is 21.1 Å². The Bertz CT molecular complexity index is 1440. The average molecular weight is 530 g/mol. The summed E-state index contributed by atoms with van der Waals surface area (Å²) in [6.45, 7) is 3.60. The van der Waals surface area contributed by atoms with Crippen molar-refractivity contribution in [1.29, 1.82) is 0 Å². The summed E-state index contributed by atoms with van der Waals surface area (Å²) in [6, 6.07) is 10.5. The predicted molar refractivity (Wildman–Crippen MR) is 138 cm³/mol. The van der Waals surface area contributed by atoms with Gasteiger partial charge in [-0.15, -0.1) is 0 Å². The van der Waals surface area contributed by atoms with Crippen LogP contribution in [0, 0.1) is 5.82 Å². The number of nitrogens with one attached hydrogen (secondary N) is 2. The number of amides is 2. The van der Waals surface area contributed by atoms with Crippen LogP contribution in [0.1, 0.15) is 5.69 Å². The number of anilines is 3. The molecule has 12 heteroatoms. The first-order valence-corrected chi connectivity index (χ1v) is 11.9. The van der Waals surface area contributed by atoms with Gasteiger partial charge in [0.25, 0.3) is 0 Å². The zero-order valence-corrected chi connectivity index (χ0v) is 20.5. The van der Waals surface area contributed by atoms with Crippen LogP contribution in [0.15, 0.2) is 48.8 Å². The van der Waals surface area contributed by atoms with E-state index in [2.05, 4.69) is 25.6 Å². The van der Waals surface area contributed by atoms with Gasteiger partial charge >= 0.3 is 6.03 Å². The van der Waals surface area contributed by atoms with Crippen molar-refractivity contribution in [3.63, 3.8) is 0 Å². The second-order valence-electron chi connectivity index (χ2n) is 8.25. The number of fused-ring (bicyclic) bond motifs is 1. The lowest BCUT2D eigenvalue weighted by atomic mass is 10.1. The molecule has 186 valence electrons. The number of halogens is 3. The van der Waals surface area contributed by atoms with E-state index in [0.29, 0.717) is 52.1 Å². The second kappa shape index (κ2) is 10.3. The molecule has 1 aliphatic heterocycles. The zero-order valence-electron chi connectivity index (χ0n) is 19.0. The fourth-order valence-corrected chi connectivity index (χ4v) is 4.39. The van der Waals surface area contributed by atoms with E-state index in [1.165, 1.54) is 24.5 Å². The van der Waals surface area contributed by atoms with E-state index in [-0.39, 0.29) is 11.5 Å². The summed E-state index contributed by atoms with van der Waals surface area (Å²) in [5.74, 6) is -0.321. The third kappa shape index (κ3) is 5.07. The third-order valence-electron chi connectivity index (χ3n) is 5.85. The molecule has 2 aromatic carbocycles. The molecule has 3 heterocycles. The zero-order chi connectivity index (χ0) is 25.2. The lowest BCUT2D eigenvalue weighted by Gasteiger charge is -2.26. The lowest BCUT2D eigenvalue weighted by Crippen LogP contribution is -2.36. The van der Waals surface area contributed by atoms with Crippen LogP contribution in [0.5, 0.6) is 0 Å². The number of urea groups is 1. The number of hydrogen-bond donors (Lipinski definition) is 3. The highest BCUT2D eigenvalue weighted by Crippen LogP contribution is 2.33. The van der Waals surface area contributed by atoms with Crippen LogP contribution < -0.4 is 16.4 Å². The summed E-state index contributed by atoms with van der Waals surface area (Å²) >= 11 is 11.9. The van der Waals surface area contributed by atoms with Gasteiger partial charge in [-0.2, -0.15) is 5.10 Å². The number of ether oxygens (including phenoxy) is 1. The smallest absolute Gasteiger partial charge is 0.323 e. The summed E-state index contributed by atoms with van der Waals surface area (Å²) < 4.78 is 22.2. The minimum absolute atomic E-state index is 0.0117. The van der Waals surface area contributed by atoms with Crippen molar-refractivity contribution in [3.8, 4) is 11.1 Å². The standard InChI is InChI=1S/C24H22Cl2FN7O2/c25-18-3-2-15(10-19(18)26)31-24(35)32-21-4-1-14(9-20(21)27)17-11-16(12-33-5-7-36-8-6-33)34-22(17)23(28)29-13-30-34/h1-4,9-11,13H,5-8,12H2,(H2,28,29,30)(H2,31,32,35). The van der Waals surface area contributed by atoms with Crippen molar-refractivity contribution in [2.45, 2.75) is 6.54 Å². The molecule has 0 atom stereocenters. The van der Waals surface area contributed by atoms with Crippen molar-refractivity contribution in [2.75, 3.05) is 42.7 Å². The molecule has 0 unspecified atom stereocenters. The number of carbonyl (C=O) groups is 1. The quantitative estimate of drug-likeness (QED) is 0.339. The molecule has 4 aromatic rings. The molecule has 0 saturated carbocycles. The molecule has 1 aliphatic rings. The Kier molecular flexibility index (Phi) is 6.92. The first-order valence-electron chi connectivity index (χ1n) is 11.1. The number of nitrogens with two attached hydrogens (primary N) is 1. The van der Waals surface area contributed by atoms with Gasteiger partial charge in [-0.1, -0.05) is 29.3 Å². The van der Waals surface area contributed by atoms with Crippen LogP contribution in [0.3, 0.4) is 0 Å². The maximum atomic E-state index is 15.1. The number of aromatic nitrogens is 3. The van der Waals surface area contributed by atoms with Crippen LogP contribution in [-0.4, -0.2) is 51.8 Å².